The molecule has 1 amide bonds. The second-order valence-electron chi connectivity index (χ2n) is 3.91. The molecule has 0 unspecified atom stereocenters. The van der Waals surface area contributed by atoms with E-state index in [0.717, 1.165) is 28.6 Å². The van der Waals surface area contributed by atoms with Crippen LogP contribution in [0.2, 0.25) is 0 Å². The molecule has 0 fully saturated rings. The van der Waals surface area contributed by atoms with Crippen LogP contribution < -0.4 is 5.32 Å². The third-order valence-electron chi connectivity index (χ3n) is 2.78. The fraction of sp³-hybridized carbons (Fsp3) is 0.462. The van der Waals surface area contributed by atoms with Crippen LogP contribution in [0.25, 0.3) is 0 Å². The molecule has 3 nitrogen and oxygen atoms in total. The van der Waals surface area contributed by atoms with E-state index in [-0.39, 0.29) is 5.91 Å². The minimum Gasteiger partial charge on any atom is -0.351 e. The van der Waals surface area contributed by atoms with Crippen molar-refractivity contribution >= 4 is 37.8 Å². The number of nitrogens with one attached hydrogen (secondary N) is 1. The summed E-state index contributed by atoms with van der Waals surface area (Å²) in [7, 11) is 0. The Bertz CT molecular complexity index is 406. The van der Waals surface area contributed by atoms with Gasteiger partial charge in [0.05, 0.1) is 5.56 Å². The molecule has 1 aromatic rings. The molecule has 0 aliphatic carbocycles. The number of carbonyl (C=O) groups excluding carboxylic acids is 1. The van der Waals surface area contributed by atoms with Crippen molar-refractivity contribution in [2.24, 2.45) is 0 Å². The largest absolute Gasteiger partial charge is 0.351 e. The molecule has 0 saturated carbocycles. The van der Waals surface area contributed by atoms with E-state index in [4.69, 9.17) is 0 Å². The monoisotopic (exact) mass is 376 g/mol. The van der Waals surface area contributed by atoms with E-state index >= 15 is 0 Å². The maximum atomic E-state index is 12.0. The number of amides is 1. The lowest BCUT2D eigenvalue weighted by Gasteiger charge is -2.18. The summed E-state index contributed by atoms with van der Waals surface area (Å²) in [6, 6.07) is 5.58. The van der Waals surface area contributed by atoms with Crippen LogP contribution in [0.15, 0.2) is 27.1 Å². The molecule has 18 heavy (non-hydrogen) atoms. The quantitative estimate of drug-likeness (QED) is 0.824. The van der Waals surface area contributed by atoms with Crippen LogP contribution in [0, 0.1) is 0 Å². The van der Waals surface area contributed by atoms with Gasteiger partial charge in [0.15, 0.2) is 0 Å². The zero-order chi connectivity index (χ0) is 13.5. The third kappa shape index (κ3) is 4.71. The van der Waals surface area contributed by atoms with Gasteiger partial charge in [-0.15, -0.1) is 0 Å². The third-order valence-corrected chi connectivity index (χ3v) is 3.97. The first-order valence-corrected chi connectivity index (χ1v) is 7.62. The van der Waals surface area contributed by atoms with E-state index < -0.39 is 0 Å². The highest BCUT2D eigenvalue weighted by atomic mass is 79.9. The minimum atomic E-state index is -0.0460. The number of hydrogen-bond donors (Lipinski definition) is 1. The summed E-state index contributed by atoms with van der Waals surface area (Å²) >= 11 is 6.76. The Morgan fingerprint density at radius 3 is 2.56 bits per heavy atom. The molecular formula is C13H18Br2N2O. The first-order chi connectivity index (χ1) is 8.58. The van der Waals surface area contributed by atoms with Gasteiger partial charge in [0.25, 0.3) is 5.91 Å². The van der Waals surface area contributed by atoms with Crippen molar-refractivity contribution in [1.29, 1.82) is 0 Å². The Balaban J connectivity index is 2.53. The summed E-state index contributed by atoms with van der Waals surface area (Å²) in [5.41, 5.74) is 0.656. The lowest BCUT2D eigenvalue weighted by Crippen LogP contribution is -2.34. The molecule has 0 aliphatic rings. The van der Waals surface area contributed by atoms with Gasteiger partial charge in [0, 0.05) is 22.0 Å². The lowest BCUT2D eigenvalue weighted by atomic mass is 10.2. The van der Waals surface area contributed by atoms with Gasteiger partial charge in [0.1, 0.15) is 0 Å². The van der Waals surface area contributed by atoms with E-state index in [1.54, 1.807) is 0 Å². The van der Waals surface area contributed by atoms with Crippen molar-refractivity contribution in [1.82, 2.24) is 10.2 Å². The molecule has 0 saturated heterocycles. The van der Waals surface area contributed by atoms with E-state index in [9.17, 15) is 4.79 Å². The van der Waals surface area contributed by atoms with Crippen molar-refractivity contribution in [3.8, 4) is 0 Å². The average molecular weight is 378 g/mol. The van der Waals surface area contributed by atoms with Gasteiger partial charge < -0.3 is 10.2 Å². The summed E-state index contributed by atoms with van der Waals surface area (Å²) < 4.78 is 1.71. The average Bonchev–Trinajstić information content (AvgIpc) is 2.37. The van der Waals surface area contributed by atoms with Crippen LogP contribution in [0.1, 0.15) is 24.2 Å². The number of rotatable bonds is 6. The molecule has 0 atom stereocenters. The highest BCUT2D eigenvalue weighted by molar-refractivity contribution is 9.11. The fourth-order valence-corrected chi connectivity index (χ4v) is 2.42. The summed E-state index contributed by atoms with van der Waals surface area (Å²) in [6.07, 6.45) is 0. The summed E-state index contributed by atoms with van der Waals surface area (Å²) in [5.74, 6) is -0.0460. The van der Waals surface area contributed by atoms with Crippen molar-refractivity contribution < 1.29 is 4.79 Å². The SMILES string of the molecule is CCN(CC)CCNC(=O)c1cc(Br)ccc1Br. The number of carbonyl (C=O) groups is 1. The van der Waals surface area contributed by atoms with Crippen molar-refractivity contribution in [2.45, 2.75) is 13.8 Å². The zero-order valence-electron chi connectivity index (χ0n) is 10.7. The van der Waals surface area contributed by atoms with Crippen LogP contribution in [-0.2, 0) is 0 Å². The highest BCUT2D eigenvalue weighted by Crippen LogP contribution is 2.21. The zero-order valence-corrected chi connectivity index (χ0v) is 13.8. The molecule has 0 aliphatic heterocycles. The predicted molar refractivity (Wildman–Crippen MR) is 82.0 cm³/mol. The van der Waals surface area contributed by atoms with Gasteiger partial charge in [0.2, 0.25) is 0 Å². The fourth-order valence-electron chi connectivity index (χ4n) is 1.63. The second kappa shape index (κ2) is 7.92. The Morgan fingerprint density at radius 2 is 1.94 bits per heavy atom. The van der Waals surface area contributed by atoms with Crippen LogP contribution in [-0.4, -0.2) is 37.0 Å². The molecule has 0 radical (unpaired) electrons. The summed E-state index contributed by atoms with van der Waals surface area (Å²) in [5, 5.41) is 2.93. The number of likely N-dealkylation sites (N-methyl/N-ethyl adjacent to an activating group) is 1. The normalized spacial score (nSPS) is 10.7. The van der Waals surface area contributed by atoms with E-state index in [1.807, 2.05) is 18.2 Å². The standard InChI is InChI=1S/C13H18Br2N2O/c1-3-17(4-2)8-7-16-13(18)11-9-10(14)5-6-12(11)15/h5-6,9H,3-4,7-8H2,1-2H3,(H,16,18). The van der Waals surface area contributed by atoms with Gasteiger partial charge in [-0.05, 0) is 47.2 Å². The molecule has 0 heterocycles. The Morgan fingerprint density at radius 1 is 1.28 bits per heavy atom. The van der Waals surface area contributed by atoms with Gasteiger partial charge in [-0.2, -0.15) is 0 Å². The van der Waals surface area contributed by atoms with Gasteiger partial charge >= 0.3 is 0 Å². The van der Waals surface area contributed by atoms with Crippen LogP contribution >= 0.6 is 31.9 Å². The van der Waals surface area contributed by atoms with Gasteiger partial charge in [-0.3, -0.25) is 4.79 Å². The molecule has 1 aromatic carbocycles. The molecule has 5 heteroatoms. The number of hydrogen-bond acceptors (Lipinski definition) is 2. The highest BCUT2D eigenvalue weighted by Gasteiger charge is 2.10. The van der Waals surface area contributed by atoms with Gasteiger partial charge in [-0.1, -0.05) is 29.8 Å². The first kappa shape index (κ1) is 15.7. The Kier molecular flexibility index (Phi) is 6.89. The van der Waals surface area contributed by atoms with Crippen molar-refractivity contribution in [3.63, 3.8) is 0 Å². The number of halogens is 2. The molecular weight excluding hydrogens is 360 g/mol. The van der Waals surface area contributed by atoms with Crippen LogP contribution in [0.4, 0.5) is 0 Å². The number of benzene rings is 1. The van der Waals surface area contributed by atoms with E-state index in [1.165, 1.54) is 0 Å². The maximum Gasteiger partial charge on any atom is 0.252 e. The van der Waals surface area contributed by atoms with E-state index in [0.29, 0.717) is 12.1 Å². The molecule has 0 spiro atoms. The summed E-state index contributed by atoms with van der Waals surface area (Å²) in [4.78, 5) is 14.3. The van der Waals surface area contributed by atoms with Crippen LogP contribution in [0.5, 0.6) is 0 Å². The number of nitrogens with zero attached hydrogens (tertiary/aromatic N) is 1. The first-order valence-electron chi connectivity index (χ1n) is 6.04. The summed E-state index contributed by atoms with van der Waals surface area (Å²) in [6.45, 7) is 7.80. The molecule has 0 bridgehead atoms. The molecule has 0 aromatic heterocycles. The lowest BCUT2D eigenvalue weighted by molar-refractivity contribution is 0.0948. The second-order valence-corrected chi connectivity index (χ2v) is 5.68. The topological polar surface area (TPSA) is 32.3 Å². The maximum absolute atomic E-state index is 12.0. The molecule has 1 N–H and O–H groups in total. The Hall–Kier alpha value is -0.390. The molecule has 100 valence electrons. The van der Waals surface area contributed by atoms with Gasteiger partial charge in [-0.25, -0.2) is 0 Å². The molecule has 1 rings (SSSR count). The smallest absolute Gasteiger partial charge is 0.252 e. The predicted octanol–water partition coefficient (Wildman–Crippen LogP) is 3.28. The van der Waals surface area contributed by atoms with Crippen molar-refractivity contribution in [2.75, 3.05) is 26.2 Å². The van der Waals surface area contributed by atoms with E-state index in [2.05, 4.69) is 55.9 Å². The van der Waals surface area contributed by atoms with Crippen molar-refractivity contribution in [3.05, 3.63) is 32.7 Å². The van der Waals surface area contributed by atoms with Crippen LogP contribution in [0.3, 0.4) is 0 Å². The Labute approximate surface area is 125 Å². The minimum absolute atomic E-state index is 0.0460.